The Labute approximate surface area is 115 Å². The maximum atomic E-state index is 12.8. The summed E-state index contributed by atoms with van der Waals surface area (Å²) in [4.78, 5) is 3.92. The molecule has 2 aromatic rings. The van der Waals surface area contributed by atoms with E-state index in [9.17, 15) is 13.2 Å². The third-order valence-corrected chi connectivity index (χ3v) is 3.16. The molecule has 0 spiro atoms. The molecule has 1 unspecified atom stereocenters. The Hall–Kier alpha value is -1.34. The van der Waals surface area contributed by atoms with Gasteiger partial charge in [0.2, 0.25) is 5.89 Å². The summed E-state index contributed by atoms with van der Waals surface area (Å²) in [6.07, 6.45) is -3.07. The second-order valence-corrected chi connectivity index (χ2v) is 4.90. The largest absolute Gasteiger partial charge is 0.439 e. The molecule has 0 aliphatic rings. The number of aromatic nitrogens is 1. The molecule has 2 rings (SSSR count). The number of nitrogens with two attached hydrogens (primary N) is 1. The standard InChI is InChI=1S/C12H10BrF3N2O/c1-6(17)11-18-5-10(19-11)7-2-3-9(13)8(4-7)12(14,15)16/h2-6H,17H2,1H3. The maximum Gasteiger partial charge on any atom is 0.417 e. The minimum atomic E-state index is -4.43. The van der Waals surface area contributed by atoms with Gasteiger partial charge in [0.15, 0.2) is 5.76 Å². The van der Waals surface area contributed by atoms with Gasteiger partial charge in [0.1, 0.15) is 0 Å². The molecule has 3 nitrogen and oxygen atoms in total. The molecule has 0 saturated carbocycles. The maximum absolute atomic E-state index is 12.8. The summed E-state index contributed by atoms with van der Waals surface area (Å²) < 4.78 is 43.6. The van der Waals surface area contributed by atoms with Gasteiger partial charge in [-0.25, -0.2) is 4.98 Å². The fraction of sp³-hybridized carbons (Fsp3) is 0.250. The molecule has 102 valence electrons. The molecule has 0 saturated heterocycles. The van der Waals surface area contributed by atoms with Gasteiger partial charge in [0.05, 0.1) is 17.8 Å². The van der Waals surface area contributed by atoms with Crippen molar-refractivity contribution in [3.63, 3.8) is 0 Å². The molecule has 1 aromatic heterocycles. The second kappa shape index (κ2) is 4.97. The van der Waals surface area contributed by atoms with E-state index in [1.807, 2.05) is 0 Å². The Bertz CT molecular complexity index is 593. The van der Waals surface area contributed by atoms with Crippen LogP contribution in [-0.2, 0) is 6.18 Å². The summed E-state index contributed by atoms with van der Waals surface area (Å²) >= 11 is 2.88. The molecule has 19 heavy (non-hydrogen) atoms. The van der Waals surface area contributed by atoms with Crippen LogP contribution in [0, 0.1) is 0 Å². The summed E-state index contributed by atoms with van der Waals surface area (Å²) in [5.41, 5.74) is 5.13. The number of nitrogens with zero attached hydrogens (tertiary/aromatic N) is 1. The zero-order chi connectivity index (χ0) is 14.2. The van der Waals surface area contributed by atoms with Crippen LogP contribution in [0.5, 0.6) is 0 Å². The lowest BCUT2D eigenvalue weighted by Gasteiger charge is -2.10. The number of hydrogen-bond donors (Lipinski definition) is 1. The minimum absolute atomic E-state index is 0.0179. The zero-order valence-electron chi connectivity index (χ0n) is 9.83. The predicted octanol–water partition coefficient (Wildman–Crippen LogP) is 4.14. The molecule has 7 heteroatoms. The minimum Gasteiger partial charge on any atom is -0.439 e. The zero-order valence-corrected chi connectivity index (χ0v) is 11.4. The summed E-state index contributed by atoms with van der Waals surface area (Å²) in [5.74, 6) is 0.539. The second-order valence-electron chi connectivity index (χ2n) is 4.04. The van der Waals surface area contributed by atoms with Crippen LogP contribution in [0.15, 0.2) is 33.3 Å². The Morgan fingerprint density at radius 2 is 2.05 bits per heavy atom. The van der Waals surface area contributed by atoms with Crippen molar-refractivity contribution in [2.24, 2.45) is 5.73 Å². The van der Waals surface area contributed by atoms with Gasteiger partial charge in [-0.05, 0) is 19.1 Å². The number of oxazole rings is 1. The van der Waals surface area contributed by atoms with Gasteiger partial charge in [-0.1, -0.05) is 22.0 Å². The summed E-state index contributed by atoms with van der Waals surface area (Å²) in [7, 11) is 0. The van der Waals surface area contributed by atoms with E-state index in [0.717, 1.165) is 6.07 Å². The van der Waals surface area contributed by atoms with Gasteiger partial charge >= 0.3 is 6.18 Å². The van der Waals surface area contributed by atoms with Crippen molar-refractivity contribution in [1.82, 2.24) is 4.98 Å². The van der Waals surface area contributed by atoms with E-state index in [2.05, 4.69) is 20.9 Å². The van der Waals surface area contributed by atoms with Crippen LogP contribution in [0.4, 0.5) is 13.2 Å². The number of benzene rings is 1. The quantitative estimate of drug-likeness (QED) is 0.897. The van der Waals surface area contributed by atoms with Crippen LogP contribution in [-0.4, -0.2) is 4.98 Å². The average Bonchev–Trinajstić information content (AvgIpc) is 2.77. The molecule has 1 atom stereocenters. The first kappa shape index (κ1) is 14.1. The van der Waals surface area contributed by atoms with Gasteiger partial charge in [-0.2, -0.15) is 13.2 Å². The highest BCUT2D eigenvalue weighted by Crippen LogP contribution is 2.37. The van der Waals surface area contributed by atoms with Crippen LogP contribution in [0.2, 0.25) is 0 Å². The lowest BCUT2D eigenvalue weighted by atomic mass is 10.1. The highest BCUT2D eigenvalue weighted by atomic mass is 79.9. The Kier molecular flexibility index (Phi) is 3.69. The van der Waals surface area contributed by atoms with Crippen molar-refractivity contribution in [1.29, 1.82) is 0 Å². The molecule has 0 bridgehead atoms. The van der Waals surface area contributed by atoms with Crippen molar-refractivity contribution < 1.29 is 17.6 Å². The normalized spacial score (nSPS) is 13.6. The van der Waals surface area contributed by atoms with Gasteiger partial charge in [0, 0.05) is 10.0 Å². The smallest absolute Gasteiger partial charge is 0.417 e. The van der Waals surface area contributed by atoms with E-state index in [1.54, 1.807) is 6.92 Å². The monoisotopic (exact) mass is 334 g/mol. The first-order valence-electron chi connectivity index (χ1n) is 5.37. The van der Waals surface area contributed by atoms with Crippen molar-refractivity contribution in [3.05, 3.63) is 40.3 Å². The van der Waals surface area contributed by atoms with Crippen LogP contribution in [0.25, 0.3) is 11.3 Å². The van der Waals surface area contributed by atoms with Crippen molar-refractivity contribution in [3.8, 4) is 11.3 Å². The van der Waals surface area contributed by atoms with E-state index in [1.165, 1.54) is 18.3 Å². The molecular weight excluding hydrogens is 325 g/mol. The van der Waals surface area contributed by atoms with E-state index in [0.29, 0.717) is 5.56 Å². The Balaban J connectivity index is 2.45. The lowest BCUT2D eigenvalue weighted by Crippen LogP contribution is -2.06. The summed E-state index contributed by atoms with van der Waals surface area (Å²) in [5, 5.41) is 0. The number of hydrogen-bond acceptors (Lipinski definition) is 3. The van der Waals surface area contributed by atoms with Crippen molar-refractivity contribution in [2.45, 2.75) is 19.1 Å². The summed E-state index contributed by atoms with van der Waals surface area (Å²) in [6, 6.07) is 3.44. The predicted molar refractivity (Wildman–Crippen MR) is 67.2 cm³/mol. The van der Waals surface area contributed by atoms with E-state index in [-0.39, 0.29) is 16.1 Å². The first-order chi connectivity index (χ1) is 8.79. The first-order valence-corrected chi connectivity index (χ1v) is 6.17. The molecule has 0 amide bonds. The molecule has 1 aromatic carbocycles. The van der Waals surface area contributed by atoms with Crippen LogP contribution >= 0.6 is 15.9 Å². The van der Waals surface area contributed by atoms with Crippen LogP contribution in [0.3, 0.4) is 0 Å². The molecule has 0 aliphatic heterocycles. The molecule has 1 heterocycles. The molecule has 0 fully saturated rings. The third-order valence-electron chi connectivity index (χ3n) is 2.47. The third kappa shape index (κ3) is 2.98. The van der Waals surface area contributed by atoms with Gasteiger partial charge in [-0.15, -0.1) is 0 Å². The number of rotatable bonds is 2. The number of halogens is 4. The van der Waals surface area contributed by atoms with Gasteiger partial charge in [0.25, 0.3) is 0 Å². The van der Waals surface area contributed by atoms with E-state index < -0.39 is 17.8 Å². The topological polar surface area (TPSA) is 52.0 Å². The average molecular weight is 335 g/mol. The van der Waals surface area contributed by atoms with Gasteiger partial charge < -0.3 is 10.2 Å². The van der Waals surface area contributed by atoms with E-state index >= 15 is 0 Å². The van der Waals surface area contributed by atoms with E-state index in [4.69, 9.17) is 10.2 Å². The highest BCUT2D eigenvalue weighted by Gasteiger charge is 2.33. The molecule has 0 aliphatic carbocycles. The highest BCUT2D eigenvalue weighted by molar-refractivity contribution is 9.10. The number of alkyl halides is 3. The lowest BCUT2D eigenvalue weighted by molar-refractivity contribution is -0.138. The van der Waals surface area contributed by atoms with Crippen LogP contribution in [0.1, 0.15) is 24.4 Å². The van der Waals surface area contributed by atoms with Crippen molar-refractivity contribution >= 4 is 15.9 Å². The Morgan fingerprint density at radius 3 is 2.58 bits per heavy atom. The molecule has 2 N–H and O–H groups in total. The Morgan fingerprint density at radius 1 is 1.37 bits per heavy atom. The fourth-order valence-corrected chi connectivity index (χ4v) is 2.00. The molecular formula is C12H10BrF3N2O. The summed E-state index contributed by atoms with van der Waals surface area (Å²) in [6.45, 7) is 1.68. The van der Waals surface area contributed by atoms with Crippen molar-refractivity contribution in [2.75, 3.05) is 0 Å². The van der Waals surface area contributed by atoms with Crippen LogP contribution < -0.4 is 5.73 Å². The fourth-order valence-electron chi connectivity index (χ4n) is 1.53. The molecule has 0 radical (unpaired) electrons. The SMILES string of the molecule is CC(N)c1ncc(-c2ccc(Br)c(C(F)(F)F)c2)o1. The van der Waals surface area contributed by atoms with Gasteiger partial charge in [-0.3, -0.25) is 0 Å².